The van der Waals surface area contributed by atoms with E-state index in [9.17, 15) is 8.42 Å². The highest BCUT2D eigenvalue weighted by Crippen LogP contribution is 2.11. The molecule has 0 aliphatic heterocycles. The van der Waals surface area contributed by atoms with E-state index in [-0.39, 0.29) is 5.75 Å². The molecule has 1 N–H and O–H groups in total. The minimum absolute atomic E-state index is 0.196. The van der Waals surface area contributed by atoms with Crippen LogP contribution in [0.25, 0.3) is 0 Å². The van der Waals surface area contributed by atoms with Crippen LogP contribution in [0.1, 0.15) is 18.4 Å². The first-order valence-corrected chi connectivity index (χ1v) is 8.99. The van der Waals surface area contributed by atoms with E-state index in [2.05, 4.69) is 10.2 Å². The molecule has 0 aliphatic carbocycles. The number of aryl methyl sites for hydroxylation is 1. The number of hydrogen-bond donors (Lipinski definition) is 1. The molecule has 0 bridgehead atoms. The van der Waals surface area contributed by atoms with Gasteiger partial charge in [-0.15, -0.1) is 0 Å². The zero-order valence-electron chi connectivity index (χ0n) is 12.7. The summed E-state index contributed by atoms with van der Waals surface area (Å²) in [6.45, 7) is 1.18. The summed E-state index contributed by atoms with van der Waals surface area (Å²) in [5.74, 6) is -0.196. The minimum Gasteiger partial charge on any atom is -0.286 e. The summed E-state index contributed by atoms with van der Waals surface area (Å²) in [6.07, 6.45) is 5.01. The van der Waals surface area contributed by atoms with Gasteiger partial charge in [-0.2, -0.15) is 18.6 Å². The molecule has 1 heterocycles. The van der Waals surface area contributed by atoms with Crippen molar-refractivity contribution in [3.05, 3.63) is 60.4 Å². The van der Waals surface area contributed by atoms with E-state index in [1.165, 1.54) is 0 Å². The number of aromatic nitrogens is 1. The lowest BCUT2D eigenvalue weighted by Crippen LogP contribution is -2.33. The molecule has 2 rings (SSSR count). The molecule has 0 saturated heterocycles. The van der Waals surface area contributed by atoms with Crippen LogP contribution in [-0.4, -0.2) is 18.7 Å². The molecule has 0 saturated carbocycles. The molecule has 122 valence electrons. The van der Waals surface area contributed by atoms with Gasteiger partial charge in [-0.1, -0.05) is 18.2 Å². The smallest absolute Gasteiger partial charge is 0.264 e. The highest BCUT2D eigenvalue weighted by Gasteiger charge is 2.06. The fourth-order valence-electron chi connectivity index (χ4n) is 2.08. The molecule has 1 aromatic carbocycles. The Balaban J connectivity index is 1.83. The van der Waals surface area contributed by atoms with Gasteiger partial charge >= 0.3 is 0 Å². The van der Waals surface area contributed by atoms with Gasteiger partial charge in [0.25, 0.3) is 10.1 Å². The molecule has 1 aromatic heterocycles. The van der Waals surface area contributed by atoms with E-state index >= 15 is 0 Å². The molecule has 0 atom stereocenters. The maximum Gasteiger partial charge on any atom is 0.264 e. The second-order valence-corrected chi connectivity index (χ2v) is 6.75. The van der Waals surface area contributed by atoms with E-state index in [1.54, 1.807) is 0 Å². The molecule has 7 heteroatoms. The Morgan fingerprint density at radius 2 is 1.83 bits per heavy atom. The first kappa shape index (κ1) is 17.2. The van der Waals surface area contributed by atoms with Crippen LogP contribution in [0, 0.1) is 0 Å². The summed E-state index contributed by atoms with van der Waals surface area (Å²) in [6, 6.07) is 13.4. The first-order chi connectivity index (χ1) is 11.0. The van der Waals surface area contributed by atoms with Crippen LogP contribution in [0.15, 0.2) is 65.1 Å². The standard InChI is InChI=1S/C16H19N3O3S/c20-23(21,22)12-5-4-10-19-11-6-7-15(14-19)13-17-18-16-8-2-1-3-9-16/h1-3,6-9,11,14H,4-5,10,12-13H2/p+1. The zero-order chi connectivity index (χ0) is 16.5. The van der Waals surface area contributed by atoms with Gasteiger partial charge in [-0.25, -0.2) is 4.57 Å². The molecule has 0 fully saturated rings. The van der Waals surface area contributed by atoms with Crippen LogP contribution in [0.3, 0.4) is 0 Å². The molecule has 6 nitrogen and oxygen atoms in total. The fraction of sp³-hybridized carbons (Fsp3) is 0.312. The summed E-state index contributed by atoms with van der Waals surface area (Å²) < 4.78 is 32.0. The van der Waals surface area contributed by atoms with Crippen molar-refractivity contribution >= 4 is 15.8 Å². The van der Waals surface area contributed by atoms with Crippen molar-refractivity contribution in [3.8, 4) is 0 Å². The second kappa shape index (κ2) is 8.50. The number of unbranched alkanes of at least 4 members (excludes halogenated alkanes) is 1. The number of hydrogen-bond acceptors (Lipinski definition) is 4. The van der Waals surface area contributed by atoms with Crippen molar-refractivity contribution in [2.75, 3.05) is 5.75 Å². The van der Waals surface area contributed by atoms with Crippen LogP contribution in [0.2, 0.25) is 0 Å². The molecule has 0 amide bonds. The van der Waals surface area contributed by atoms with Crippen molar-refractivity contribution in [1.29, 1.82) is 0 Å². The minimum atomic E-state index is -3.86. The Labute approximate surface area is 136 Å². The highest BCUT2D eigenvalue weighted by atomic mass is 32.2. The average Bonchev–Trinajstić information content (AvgIpc) is 2.52. The SMILES string of the molecule is O=S(=O)(O)CCCC[n+]1cccc(CN=Nc2ccccc2)c1. The summed E-state index contributed by atoms with van der Waals surface area (Å²) in [5.41, 5.74) is 1.85. The van der Waals surface area contributed by atoms with Crippen LogP contribution >= 0.6 is 0 Å². The van der Waals surface area contributed by atoms with E-state index in [0.717, 1.165) is 11.3 Å². The summed E-state index contributed by atoms with van der Waals surface area (Å²) in [7, 11) is -3.86. The summed E-state index contributed by atoms with van der Waals surface area (Å²) in [4.78, 5) is 0. The van der Waals surface area contributed by atoms with Gasteiger partial charge in [0.2, 0.25) is 0 Å². The molecule has 23 heavy (non-hydrogen) atoms. The lowest BCUT2D eigenvalue weighted by atomic mass is 10.2. The lowest BCUT2D eigenvalue weighted by molar-refractivity contribution is -0.697. The Kier molecular flexibility index (Phi) is 6.37. The summed E-state index contributed by atoms with van der Waals surface area (Å²) >= 11 is 0. The van der Waals surface area contributed by atoms with Crippen LogP contribution in [0.5, 0.6) is 0 Å². The van der Waals surface area contributed by atoms with Gasteiger partial charge in [0.1, 0.15) is 6.54 Å². The molecule has 0 spiro atoms. The molecule has 0 radical (unpaired) electrons. The molecular weight excluding hydrogens is 314 g/mol. The van der Waals surface area contributed by atoms with Crippen molar-refractivity contribution < 1.29 is 17.5 Å². The fourth-order valence-corrected chi connectivity index (χ4v) is 2.65. The zero-order valence-corrected chi connectivity index (χ0v) is 13.6. The number of pyridine rings is 1. The van der Waals surface area contributed by atoms with E-state index in [1.807, 2.05) is 59.4 Å². The number of rotatable bonds is 8. The maximum atomic E-state index is 10.7. The first-order valence-electron chi connectivity index (χ1n) is 7.39. The predicted octanol–water partition coefficient (Wildman–Crippen LogP) is 2.93. The Bertz CT molecular complexity index is 746. The Hall–Kier alpha value is -2.12. The quantitative estimate of drug-likeness (QED) is 0.349. The largest absolute Gasteiger partial charge is 0.286 e. The average molecular weight is 334 g/mol. The van der Waals surface area contributed by atoms with Crippen molar-refractivity contribution in [1.82, 2.24) is 0 Å². The van der Waals surface area contributed by atoms with E-state index in [4.69, 9.17) is 4.55 Å². The molecular formula is C16H20N3O3S+. The van der Waals surface area contributed by atoms with Gasteiger partial charge in [-0.3, -0.25) is 4.55 Å². The Morgan fingerprint density at radius 1 is 1.04 bits per heavy atom. The highest BCUT2D eigenvalue weighted by molar-refractivity contribution is 7.85. The van der Waals surface area contributed by atoms with Gasteiger partial charge in [0.05, 0.1) is 18.0 Å². The number of nitrogens with zero attached hydrogens (tertiary/aromatic N) is 3. The number of azo groups is 1. The van der Waals surface area contributed by atoms with Crippen LogP contribution in [-0.2, 0) is 23.2 Å². The predicted molar refractivity (Wildman–Crippen MR) is 86.9 cm³/mol. The van der Waals surface area contributed by atoms with Gasteiger partial charge in [0, 0.05) is 18.1 Å². The maximum absolute atomic E-state index is 10.7. The Morgan fingerprint density at radius 3 is 2.57 bits per heavy atom. The topological polar surface area (TPSA) is 83.0 Å². The normalized spacial score (nSPS) is 11.9. The van der Waals surface area contributed by atoms with Gasteiger partial charge in [-0.05, 0) is 24.6 Å². The van der Waals surface area contributed by atoms with E-state index < -0.39 is 10.1 Å². The van der Waals surface area contributed by atoms with Gasteiger partial charge < -0.3 is 0 Å². The summed E-state index contributed by atoms with van der Waals surface area (Å²) in [5, 5.41) is 8.34. The molecule has 0 unspecified atom stereocenters. The molecule has 2 aromatic rings. The lowest BCUT2D eigenvalue weighted by Gasteiger charge is -1.99. The second-order valence-electron chi connectivity index (χ2n) is 5.18. The van der Waals surface area contributed by atoms with Gasteiger partial charge in [0.15, 0.2) is 12.4 Å². The third-order valence-electron chi connectivity index (χ3n) is 3.18. The number of benzene rings is 1. The van der Waals surface area contributed by atoms with Crippen LogP contribution in [0.4, 0.5) is 5.69 Å². The van der Waals surface area contributed by atoms with Crippen molar-refractivity contribution in [2.45, 2.75) is 25.9 Å². The van der Waals surface area contributed by atoms with Crippen molar-refractivity contribution in [2.24, 2.45) is 10.2 Å². The van der Waals surface area contributed by atoms with E-state index in [0.29, 0.717) is 25.9 Å². The monoisotopic (exact) mass is 334 g/mol. The van der Waals surface area contributed by atoms with Crippen LogP contribution < -0.4 is 4.57 Å². The third-order valence-corrected chi connectivity index (χ3v) is 3.99. The third kappa shape index (κ3) is 7.12. The van der Waals surface area contributed by atoms with Crippen molar-refractivity contribution in [3.63, 3.8) is 0 Å². The molecule has 0 aliphatic rings.